The molecule has 2 aromatic rings. The van der Waals surface area contributed by atoms with Crippen LogP contribution in [0.3, 0.4) is 0 Å². The van der Waals surface area contributed by atoms with Crippen LogP contribution in [0.15, 0.2) is 36.4 Å². The Labute approximate surface area is 151 Å². The van der Waals surface area contributed by atoms with Crippen molar-refractivity contribution in [3.8, 4) is 5.75 Å². The molecule has 0 bridgehead atoms. The number of para-hydroxylation sites is 2. The number of hydrogen-bond donors (Lipinski definition) is 1. The summed E-state index contributed by atoms with van der Waals surface area (Å²) in [5.74, 6) is 0.431. The van der Waals surface area contributed by atoms with Crippen LogP contribution < -0.4 is 15.4 Å². The second-order valence-corrected chi connectivity index (χ2v) is 6.67. The Hall–Kier alpha value is -2.37. The van der Waals surface area contributed by atoms with Crippen molar-refractivity contribution in [2.45, 2.75) is 38.3 Å². The first-order chi connectivity index (χ1) is 12.3. The van der Waals surface area contributed by atoms with Gasteiger partial charge in [-0.05, 0) is 42.7 Å². The molecule has 1 heterocycles. The van der Waals surface area contributed by atoms with E-state index in [1.54, 1.807) is 6.07 Å². The van der Waals surface area contributed by atoms with Gasteiger partial charge in [0.25, 0.3) is 0 Å². The van der Waals surface area contributed by atoms with E-state index in [2.05, 4.69) is 0 Å². The third kappa shape index (κ3) is 2.68. The zero-order chi connectivity index (χ0) is 19.1. The summed E-state index contributed by atoms with van der Waals surface area (Å²) in [6.07, 6.45) is -3.24. The minimum absolute atomic E-state index is 0.317. The smallest absolute Gasteiger partial charge is 0.416 e. The number of anilines is 3. The zero-order valence-electron chi connectivity index (χ0n) is 15.2. The van der Waals surface area contributed by atoms with Crippen molar-refractivity contribution in [3.63, 3.8) is 0 Å². The van der Waals surface area contributed by atoms with E-state index in [-0.39, 0.29) is 0 Å². The first-order valence-corrected chi connectivity index (χ1v) is 8.69. The van der Waals surface area contributed by atoms with Gasteiger partial charge >= 0.3 is 6.18 Å². The van der Waals surface area contributed by atoms with Crippen LogP contribution in [-0.4, -0.2) is 13.7 Å². The first-order valence-electron chi connectivity index (χ1n) is 8.69. The third-order valence-corrected chi connectivity index (χ3v) is 5.51. The monoisotopic (exact) mass is 364 g/mol. The van der Waals surface area contributed by atoms with Crippen LogP contribution in [0, 0.1) is 0 Å². The van der Waals surface area contributed by atoms with E-state index in [1.807, 2.05) is 36.9 Å². The van der Waals surface area contributed by atoms with E-state index in [1.165, 1.54) is 13.2 Å². The van der Waals surface area contributed by atoms with Gasteiger partial charge in [0, 0.05) is 12.0 Å². The van der Waals surface area contributed by atoms with Gasteiger partial charge in [-0.2, -0.15) is 13.2 Å². The van der Waals surface area contributed by atoms with Crippen molar-refractivity contribution in [1.29, 1.82) is 0 Å². The van der Waals surface area contributed by atoms with Gasteiger partial charge in [0.15, 0.2) is 0 Å². The van der Waals surface area contributed by atoms with Crippen LogP contribution in [0.5, 0.6) is 5.75 Å². The van der Waals surface area contributed by atoms with Crippen LogP contribution in [0.2, 0.25) is 0 Å². The Morgan fingerprint density at radius 1 is 1.12 bits per heavy atom. The highest BCUT2D eigenvalue weighted by Crippen LogP contribution is 2.56. The Kier molecular flexibility index (Phi) is 4.54. The first kappa shape index (κ1) is 18.4. The highest BCUT2D eigenvalue weighted by atomic mass is 19.4. The molecule has 1 aliphatic rings. The van der Waals surface area contributed by atoms with Gasteiger partial charge in [-0.1, -0.05) is 26.0 Å². The number of fused-ring (bicyclic) bond motifs is 1. The predicted octanol–water partition coefficient (Wildman–Crippen LogP) is 5.51. The Balaban J connectivity index is 2.36. The van der Waals surface area contributed by atoms with Gasteiger partial charge in [-0.3, -0.25) is 0 Å². The lowest BCUT2D eigenvalue weighted by atomic mass is 9.75. The molecule has 0 unspecified atom stereocenters. The number of alkyl halides is 3. The molecule has 6 heteroatoms. The van der Waals surface area contributed by atoms with Gasteiger partial charge < -0.3 is 15.4 Å². The summed E-state index contributed by atoms with van der Waals surface area (Å²) in [6, 6.07) is 9.77. The van der Waals surface area contributed by atoms with E-state index in [0.29, 0.717) is 47.8 Å². The molecule has 2 aromatic carbocycles. The molecule has 1 aliphatic heterocycles. The SMILES string of the molecule is CCC1(CC)CN(c2ccccc2N)c2c(OC)ccc(C(F)(F)F)c21. The molecule has 0 radical (unpaired) electrons. The van der Waals surface area contributed by atoms with Crippen molar-refractivity contribution in [2.24, 2.45) is 0 Å². The molecule has 0 aromatic heterocycles. The molecule has 140 valence electrons. The van der Waals surface area contributed by atoms with Crippen LogP contribution >= 0.6 is 0 Å². The quantitative estimate of drug-likeness (QED) is 0.728. The van der Waals surface area contributed by atoms with Crippen molar-refractivity contribution < 1.29 is 17.9 Å². The largest absolute Gasteiger partial charge is 0.495 e. The lowest BCUT2D eigenvalue weighted by Crippen LogP contribution is -2.32. The van der Waals surface area contributed by atoms with Crippen LogP contribution in [-0.2, 0) is 11.6 Å². The summed E-state index contributed by atoms with van der Waals surface area (Å²) in [4.78, 5) is 1.88. The molecular formula is C20H23F3N2O. The van der Waals surface area contributed by atoms with Gasteiger partial charge in [0.05, 0.1) is 29.7 Å². The number of methoxy groups -OCH3 is 1. The molecule has 0 saturated heterocycles. The molecule has 0 amide bonds. The fraction of sp³-hybridized carbons (Fsp3) is 0.400. The molecule has 3 nitrogen and oxygen atoms in total. The zero-order valence-corrected chi connectivity index (χ0v) is 15.2. The second-order valence-electron chi connectivity index (χ2n) is 6.67. The normalized spacial score (nSPS) is 15.8. The molecule has 0 aliphatic carbocycles. The summed E-state index contributed by atoms with van der Waals surface area (Å²) >= 11 is 0. The van der Waals surface area contributed by atoms with Crippen LogP contribution in [0.25, 0.3) is 0 Å². The van der Waals surface area contributed by atoms with Crippen molar-refractivity contribution >= 4 is 17.1 Å². The maximum absolute atomic E-state index is 13.8. The standard InChI is InChI=1S/C20H23F3N2O/c1-4-19(5-2)12-25(15-9-7-6-8-14(15)24)18-16(26-3)11-10-13(17(18)19)20(21,22)23/h6-11H,4-5,12,24H2,1-3H3. The van der Waals surface area contributed by atoms with Gasteiger partial charge in [0.1, 0.15) is 5.75 Å². The third-order valence-electron chi connectivity index (χ3n) is 5.51. The molecule has 0 spiro atoms. The summed E-state index contributed by atoms with van der Waals surface area (Å²) in [5.41, 5.74) is 6.96. The lowest BCUT2D eigenvalue weighted by Gasteiger charge is -2.30. The number of nitrogens with zero attached hydrogens (tertiary/aromatic N) is 1. The molecule has 0 saturated carbocycles. The molecule has 0 fully saturated rings. The molecule has 2 N–H and O–H groups in total. The number of rotatable bonds is 4. The van der Waals surface area contributed by atoms with E-state index >= 15 is 0 Å². The summed E-state index contributed by atoms with van der Waals surface area (Å²) in [6.45, 7) is 4.31. The van der Waals surface area contributed by atoms with Crippen molar-refractivity contribution in [3.05, 3.63) is 47.5 Å². The maximum atomic E-state index is 13.8. The molecular weight excluding hydrogens is 341 g/mol. The summed E-state index contributed by atoms with van der Waals surface area (Å²) < 4.78 is 46.9. The number of hydrogen-bond acceptors (Lipinski definition) is 3. The fourth-order valence-electron chi connectivity index (χ4n) is 4.00. The Morgan fingerprint density at radius 2 is 1.77 bits per heavy atom. The van der Waals surface area contributed by atoms with E-state index in [9.17, 15) is 13.2 Å². The van der Waals surface area contributed by atoms with Gasteiger partial charge in [-0.25, -0.2) is 0 Å². The van der Waals surface area contributed by atoms with Gasteiger partial charge in [-0.15, -0.1) is 0 Å². The number of benzene rings is 2. The fourth-order valence-corrected chi connectivity index (χ4v) is 4.00. The topological polar surface area (TPSA) is 38.5 Å². The molecule has 26 heavy (non-hydrogen) atoms. The second kappa shape index (κ2) is 6.41. The van der Waals surface area contributed by atoms with E-state index in [4.69, 9.17) is 10.5 Å². The lowest BCUT2D eigenvalue weighted by molar-refractivity contribution is -0.138. The minimum Gasteiger partial charge on any atom is -0.495 e. The van der Waals surface area contributed by atoms with E-state index in [0.717, 1.165) is 6.07 Å². The van der Waals surface area contributed by atoms with Crippen LogP contribution in [0.1, 0.15) is 37.8 Å². The maximum Gasteiger partial charge on any atom is 0.416 e. The summed E-state index contributed by atoms with van der Waals surface area (Å²) in [5, 5.41) is 0. The number of ether oxygens (including phenoxy) is 1. The molecule has 0 atom stereocenters. The Bertz CT molecular complexity index is 813. The van der Waals surface area contributed by atoms with Crippen molar-refractivity contribution in [2.75, 3.05) is 24.3 Å². The van der Waals surface area contributed by atoms with E-state index < -0.39 is 17.2 Å². The molecule has 3 rings (SSSR count). The highest BCUT2D eigenvalue weighted by molar-refractivity contribution is 5.84. The van der Waals surface area contributed by atoms with Gasteiger partial charge in [0.2, 0.25) is 0 Å². The average molecular weight is 364 g/mol. The van der Waals surface area contributed by atoms with Crippen molar-refractivity contribution in [1.82, 2.24) is 0 Å². The number of nitrogen functional groups attached to an aromatic ring is 1. The minimum atomic E-state index is -4.43. The number of halogens is 3. The summed E-state index contributed by atoms with van der Waals surface area (Å²) in [7, 11) is 1.48. The predicted molar refractivity (Wildman–Crippen MR) is 98.1 cm³/mol. The average Bonchev–Trinajstić information content (AvgIpc) is 2.96. The number of nitrogens with two attached hydrogens (primary N) is 1. The highest BCUT2D eigenvalue weighted by Gasteiger charge is 2.49. The van der Waals surface area contributed by atoms with Crippen LogP contribution in [0.4, 0.5) is 30.2 Å². The Morgan fingerprint density at radius 3 is 2.31 bits per heavy atom.